The molecule has 0 saturated heterocycles. The topological polar surface area (TPSA) is 65.0 Å². The molecule has 0 amide bonds. The van der Waals surface area contributed by atoms with Crippen LogP contribution in [-0.4, -0.2) is 27.4 Å². The van der Waals surface area contributed by atoms with E-state index in [-0.39, 0.29) is 0 Å². The SMILES string of the molecule is COCc1cc(-c2nsc(C=C=O)n2)ccn1. The van der Waals surface area contributed by atoms with E-state index in [0.717, 1.165) is 22.8 Å². The highest BCUT2D eigenvalue weighted by Gasteiger charge is 2.06. The molecule has 2 aromatic heterocycles. The van der Waals surface area contributed by atoms with E-state index in [1.807, 2.05) is 12.1 Å². The van der Waals surface area contributed by atoms with Gasteiger partial charge in [-0.15, -0.1) is 0 Å². The van der Waals surface area contributed by atoms with Crippen LogP contribution in [0.4, 0.5) is 0 Å². The highest BCUT2D eigenvalue weighted by molar-refractivity contribution is 7.06. The van der Waals surface area contributed by atoms with Gasteiger partial charge in [-0.05, 0) is 23.7 Å². The van der Waals surface area contributed by atoms with Crippen molar-refractivity contribution in [3.8, 4) is 11.4 Å². The second-order valence-corrected chi connectivity index (χ2v) is 3.97. The van der Waals surface area contributed by atoms with Crippen LogP contribution in [0.2, 0.25) is 0 Å². The van der Waals surface area contributed by atoms with Crippen molar-refractivity contribution in [3.05, 3.63) is 29.0 Å². The van der Waals surface area contributed by atoms with Crippen LogP contribution in [-0.2, 0) is 16.1 Å². The Bertz CT molecular complexity index is 561. The molecule has 17 heavy (non-hydrogen) atoms. The van der Waals surface area contributed by atoms with E-state index in [9.17, 15) is 4.79 Å². The highest BCUT2D eigenvalue weighted by atomic mass is 32.1. The summed E-state index contributed by atoms with van der Waals surface area (Å²) in [6, 6.07) is 3.68. The molecule has 0 radical (unpaired) electrons. The van der Waals surface area contributed by atoms with Gasteiger partial charge in [0.25, 0.3) is 0 Å². The minimum atomic E-state index is 0.444. The lowest BCUT2D eigenvalue weighted by Crippen LogP contribution is -1.92. The maximum absolute atomic E-state index is 10.2. The smallest absolute Gasteiger partial charge is 0.173 e. The third kappa shape index (κ3) is 2.82. The molecule has 86 valence electrons. The number of hydrogen-bond donors (Lipinski definition) is 0. The molecule has 2 aromatic rings. The first-order chi connectivity index (χ1) is 8.33. The lowest BCUT2D eigenvalue weighted by Gasteiger charge is -2.00. The Morgan fingerprint density at radius 3 is 3.24 bits per heavy atom. The Labute approximate surface area is 102 Å². The van der Waals surface area contributed by atoms with Crippen LogP contribution in [0.1, 0.15) is 10.7 Å². The monoisotopic (exact) mass is 247 g/mol. The van der Waals surface area contributed by atoms with Gasteiger partial charge in [0, 0.05) is 18.9 Å². The summed E-state index contributed by atoms with van der Waals surface area (Å²) in [5.74, 6) is 2.26. The van der Waals surface area contributed by atoms with Gasteiger partial charge in [-0.25, -0.2) is 9.78 Å². The first-order valence-corrected chi connectivity index (χ1v) is 5.59. The Hall–Kier alpha value is -1.88. The summed E-state index contributed by atoms with van der Waals surface area (Å²) in [7, 11) is 1.61. The highest BCUT2D eigenvalue weighted by Crippen LogP contribution is 2.18. The normalized spacial score (nSPS) is 9.94. The van der Waals surface area contributed by atoms with E-state index in [4.69, 9.17) is 4.74 Å². The third-order valence-electron chi connectivity index (χ3n) is 1.99. The van der Waals surface area contributed by atoms with Crippen molar-refractivity contribution < 1.29 is 9.53 Å². The van der Waals surface area contributed by atoms with Gasteiger partial charge in [0.15, 0.2) is 5.82 Å². The summed E-state index contributed by atoms with van der Waals surface area (Å²) in [5.41, 5.74) is 1.67. The lowest BCUT2D eigenvalue weighted by molar-refractivity contribution is 0.181. The van der Waals surface area contributed by atoms with Gasteiger partial charge in [-0.3, -0.25) is 4.98 Å². The number of methoxy groups -OCH3 is 1. The number of nitrogens with zero attached hydrogens (tertiary/aromatic N) is 3. The van der Waals surface area contributed by atoms with Crippen molar-refractivity contribution in [2.75, 3.05) is 7.11 Å². The van der Waals surface area contributed by atoms with Gasteiger partial charge in [-0.1, -0.05) is 0 Å². The fourth-order valence-corrected chi connectivity index (χ4v) is 1.86. The van der Waals surface area contributed by atoms with Gasteiger partial charge < -0.3 is 4.74 Å². The third-order valence-corrected chi connectivity index (χ3v) is 2.65. The van der Waals surface area contributed by atoms with Gasteiger partial charge in [-0.2, -0.15) is 4.37 Å². The van der Waals surface area contributed by atoms with Crippen LogP contribution in [0.15, 0.2) is 18.3 Å². The summed E-state index contributed by atoms with van der Waals surface area (Å²) in [5, 5.41) is 0.542. The minimum Gasteiger partial charge on any atom is -0.378 e. The average Bonchev–Trinajstić information content (AvgIpc) is 2.79. The predicted molar refractivity (Wildman–Crippen MR) is 64.0 cm³/mol. The first-order valence-electron chi connectivity index (χ1n) is 4.82. The molecule has 0 saturated carbocycles. The van der Waals surface area contributed by atoms with E-state index in [2.05, 4.69) is 14.3 Å². The molecule has 0 spiro atoms. The zero-order valence-electron chi connectivity index (χ0n) is 9.08. The number of ether oxygens (including phenoxy) is 1. The number of hydrogen-bond acceptors (Lipinski definition) is 6. The second kappa shape index (κ2) is 5.45. The van der Waals surface area contributed by atoms with Gasteiger partial charge >= 0.3 is 0 Å². The molecular formula is C11H9N3O2S. The van der Waals surface area contributed by atoms with Crippen LogP contribution in [0.3, 0.4) is 0 Å². The van der Waals surface area contributed by atoms with E-state index >= 15 is 0 Å². The van der Waals surface area contributed by atoms with Crippen molar-refractivity contribution in [3.63, 3.8) is 0 Å². The van der Waals surface area contributed by atoms with Crippen LogP contribution >= 0.6 is 11.5 Å². The number of rotatable bonds is 4. The number of pyridine rings is 1. The van der Waals surface area contributed by atoms with E-state index in [1.165, 1.54) is 6.08 Å². The standard InChI is InChI=1S/C11H9N3O2S/c1-16-7-9-6-8(2-4-12-9)11-13-10(3-5-15)17-14-11/h2-4,6H,7H2,1H3. The van der Waals surface area contributed by atoms with E-state index < -0.39 is 0 Å². The molecule has 0 fully saturated rings. The average molecular weight is 247 g/mol. The Morgan fingerprint density at radius 2 is 2.47 bits per heavy atom. The quantitative estimate of drug-likeness (QED) is 0.768. The molecule has 6 heteroatoms. The molecule has 0 atom stereocenters. The first kappa shape index (κ1) is 11.6. The largest absolute Gasteiger partial charge is 0.378 e. The minimum absolute atomic E-state index is 0.444. The molecule has 0 N–H and O–H groups in total. The summed E-state index contributed by atoms with van der Waals surface area (Å²) in [6.07, 6.45) is 2.94. The summed E-state index contributed by atoms with van der Waals surface area (Å²) >= 11 is 1.16. The van der Waals surface area contributed by atoms with Gasteiger partial charge in [0.2, 0.25) is 0 Å². The molecule has 0 unspecified atom stereocenters. The van der Waals surface area contributed by atoms with E-state index in [1.54, 1.807) is 19.2 Å². The number of aromatic nitrogens is 3. The van der Waals surface area contributed by atoms with Crippen LogP contribution in [0.5, 0.6) is 0 Å². The molecule has 2 rings (SSSR count). The second-order valence-electron chi connectivity index (χ2n) is 3.19. The molecule has 0 bridgehead atoms. The number of carbonyl (C=O) groups excluding carboxylic acids is 1. The van der Waals surface area contributed by atoms with Crippen molar-refractivity contribution in [2.24, 2.45) is 0 Å². The molecule has 0 aliphatic heterocycles. The molecule has 0 aromatic carbocycles. The van der Waals surface area contributed by atoms with Gasteiger partial charge in [0.05, 0.1) is 18.4 Å². The Kier molecular flexibility index (Phi) is 3.72. The maximum atomic E-state index is 10.2. The fraction of sp³-hybridized carbons (Fsp3) is 0.182. The lowest BCUT2D eigenvalue weighted by atomic mass is 10.2. The maximum Gasteiger partial charge on any atom is 0.173 e. The van der Waals surface area contributed by atoms with Crippen molar-refractivity contribution in [1.82, 2.24) is 14.3 Å². The Balaban J connectivity index is 2.31. The fourth-order valence-electron chi connectivity index (χ4n) is 1.31. The molecule has 2 heterocycles. The summed E-state index contributed by atoms with van der Waals surface area (Å²) < 4.78 is 9.16. The molecule has 0 aliphatic rings. The van der Waals surface area contributed by atoms with Crippen molar-refractivity contribution in [1.29, 1.82) is 0 Å². The van der Waals surface area contributed by atoms with Gasteiger partial charge in [0.1, 0.15) is 10.9 Å². The van der Waals surface area contributed by atoms with E-state index in [0.29, 0.717) is 17.4 Å². The zero-order chi connectivity index (χ0) is 12.1. The van der Waals surface area contributed by atoms with Crippen molar-refractivity contribution >= 4 is 23.5 Å². The summed E-state index contributed by atoms with van der Waals surface area (Å²) in [4.78, 5) is 18.5. The summed E-state index contributed by atoms with van der Waals surface area (Å²) in [6.45, 7) is 0.444. The predicted octanol–water partition coefficient (Wildman–Crippen LogP) is 1.59. The van der Waals surface area contributed by atoms with Crippen LogP contribution < -0.4 is 0 Å². The van der Waals surface area contributed by atoms with Crippen LogP contribution in [0, 0.1) is 0 Å². The molecular weight excluding hydrogens is 238 g/mol. The zero-order valence-corrected chi connectivity index (χ0v) is 9.90. The van der Waals surface area contributed by atoms with Crippen molar-refractivity contribution in [2.45, 2.75) is 6.61 Å². The van der Waals surface area contributed by atoms with Crippen LogP contribution in [0.25, 0.3) is 17.5 Å². The molecule has 0 aliphatic carbocycles. The Morgan fingerprint density at radius 1 is 1.59 bits per heavy atom. The molecule has 5 nitrogen and oxygen atoms in total.